The van der Waals surface area contributed by atoms with E-state index in [1.807, 2.05) is 0 Å². The molecule has 2 unspecified atom stereocenters. The fourth-order valence-corrected chi connectivity index (χ4v) is 3.48. The van der Waals surface area contributed by atoms with Gasteiger partial charge < -0.3 is 5.32 Å². The minimum Gasteiger partial charge on any atom is -0.355 e. The molecule has 0 aromatic heterocycles. The molecule has 0 saturated carbocycles. The van der Waals surface area contributed by atoms with Crippen LogP contribution in [0.1, 0.15) is 29.0 Å². The Hall–Kier alpha value is -2.87. The van der Waals surface area contributed by atoms with E-state index in [1.54, 1.807) is 31.2 Å². The summed E-state index contributed by atoms with van der Waals surface area (Å²) >= 11 is 0. The highest BCUT2D eigenvalue weighted by Gasteiger charge is 2.41. The predicted octanol–water partition coefficient (Wildman–Crippen LogP) is 3.14. The number of nitrogens with one attached hydrogen (secondary N) is 1. The zero-order chi connectivity index (χ0) is 20.5. The van der Waals surface area contributed by atoms with Crippen molar-refractivity contribution in [3.05, 3.63) is 65.2 Å². The average molecular weight is 391 g/mol. The molecule has 3 N–H and O–H groups in total. The van der Waals surface area contributed by atoms with Crippen molar-refractivity contribution in [2.75, 3.05) is 11.6 Å². The first-order valence-corrected chi connectivity index (χ1v) is 8.79. The molecule has 1 fully saturated rings. The first-order chi connectivity index (χ1) is 13.2. The van der Waals surface area contributed by atoms with Gasteiger partial charge in [0.15, 0.2) is 0 Å². The molecule has 1 heterocycles. The Bertz CT molecular complexity index is 881. The van der Waals surface area contributed by atoms with Gasteiger partial charge in [-0.15, -0.1) is 0 Å². The van der Waals surface area contributed by atoms with Crippen LogP contribution in [-0.2, 0) is 15.8 Å². The maximum atomic E-state index is 13.0. The van der Waals surface area contributed by atoms with Crippen LogP contribution in [0.5, 0.6) is 0 Å². The third-order valence-electron chi connectivity index (χ3n) is 4.98. The van der Waals surface area contributed by atoms with Crippen LogP contribution in [0.2, 0.25) is 0 Å². The lowest BCUT2D eigenvalue weighted by atomic mass is 9.79. The molecular weight excluding hydrogens is 371 g/mol. The number of rotatable bonds is 3. The molecule has 1 aliphatic rings. The lowest BCUT2D eigenvalue weighted by Gasteiger charge is -2.33. The average Bonchev–Trinajstić information content (AvgIpc) is 2.66. The van der Waals surface area contributed by atoms with Gasteiger partial charge in [-0.25, -0.2) is 10.9 Å². The van der Waals surface area contributed by atoms with Gasteiger partial charge in [0.1, 0.15) is 5.92 Å². The van der Waals surface area contributed by atoms with Gasteiger partial charge in [-0.1, -0.05) is 30.3 Å². The Morgan fingerprint density at radius 1 is 1.14 bits per heavy atom. The monoisotopic (exact) mass is 391 g/mol. The van der Waals surface area contributed by atoms with Crippen molar-refractivity contribution in [3.8, 4) is 0 Å². The number of nitrogens with two attached hydrogens (primary N) is 1. The summed E-state index contributed by atoms with van der Waals surface area (Å²) in [6.07, 6.45) is -4.02. The van der Waals surface area contributed by atoms with E-state index >= 15 is 0 Å². The molecule has 1 saturated heterocycles. The standard InChI is InChI=1S/C20H20F3N3O2/c1-12-4-2-3-5-16(12)26(24)19(28)17-15(10-11-25-18(17)27)13-6-8-14(9-7-13)20(21,22)23/h2-9,15,17H,10-11,24H2,1H3,(H,25,27). The number of carbonyl (C=O) groups is 2. The molecule has 28 heavy (non-hydrogen) atoms. The maximum Gasteiger partial charge on any atom is 0.416 e. The van der Waals surface area contributed by atoms with Gasteiger partial charge in [-0.05, 0) is 42.7 Å². The zero-order valence-corrected chi connectivity index (χ0v) is 15.2. The smallest absolute Gasteiger partial charge is 0.355 e. The minimum atomic E-state index is -4.45. The van der Waals surface area contributed by atoms with Gasteiger partial charge in [0.2, 0.25) is 5.91 Å². The van der Waals surface area contributed by atoms with E-state index in [-0.39, 0.29) is 0 Å². The van der Waals surface area contributed by atoms with E-state index in [9.17, 15) is 22.8 Å². The quantitative estimate of drug-likeness (QED) is 0.365. The minimum absolute atomic E-state index is 0.337. The molecule has 148 valence electrons. The van der Waals surface area contributed by atoms with E-state index in [1.165, 1.54) is 12.1 Å². The molecule has 0 spiro atoms. The second-order valence-corrected chi connectivity index (χ2v) is 6.78. The second kappa shape index (κ2) is 7.63. The molecule has 0 radical (unpaired) electrons. The van der Waals surface area contributed by atoms with Crippen LogP contribution in [0.4, 0.5) is 18.9 Å². The highest BCUT2D eigenvalue weighted by Crippen LogP contribution is 2.35. The number of aryl methyl sites for hydroxylation is 1. The maximum absolute atomic E-state index is 13.0. The topological polar surface area (TPSA) is 75.4 Å². The summed E-state index contributed by atoms with van der Waals surface area (Å²) in [5.41, 5.74) is 0.955. The number of amides is 2. The highest BCUT2D eigenvalue weighted by atomic mass is 19.4. The molecule has 3 rings (SSSR count). The van der Waals surface area contributed by atoms with Crippen LogP contribution in [0.25, 0.3) is 0 Å². The number of benzene rings is 2. The largest absolute Gasteiger partial charge is 0.416 e. The van der Waals surface area contributed by atoms with Crippen molar-refractivity contribution >= 4 is 17.5 Å². The number of para-hydroxylation sites is 1. The van der Waals surface area contributed by atoms with Crippen LogP contribution in [0, 0.1) is 12.8 Å². The Kier molecular flexibility index (Phi) is 5.42. The van der Waals surface area contributed by atoms with Gasteiger partial charge in [0.25, 0.3) is 5.91 Å². The molecule has 5 nitrogen and oxygen atoms in total. The van der Waals surface area contributed by atoms with Crippen LogP contribution < -0.4 is 16.2 Å². The van der Waals surface area contributed by atoms with E-state index in [0.29, 0.717) is 24.2 Å². The SMILES string of the molecule is Cc1ccccc1N(N)C(=O)C1C(=O)NCCC1c1ccc(C(F)(F)F)cc1. The van der Waals surface area contributed by atoms with Crippen molar-refractivity contribution in [3.63, 3.8) is 0 Å². The zero-order valence-electron chi connectivity index (χ0n) is 15.2. The number of hydrogen-bond acceptors (Lipinski definition) is 3. The molecule has 0 aliphatic carbocycles. The number of hydrazine groups is 1. The number of nitrogens with zero attached hydrogens (tertiary/aromatic N) is 1. The molecule has 2 amide bonds. The van der Waals surface area contributed by atoms with Crippen molar-refractivity contribution in [2.45, 2.75) is 25.4 Å². The normalized spacial score (nSPS) is 19.8. The first-order valence-electron chi connectivity index (χ1n) is 8.79. The number of hydrogen-bond donors (Lipinski definition) is 2. The van der Waals surface area contributed by atoms with Gasteiger partial charge in [0, 0.05) is 12.5 Å². The van der Waals surface area contributed by atoms with Crippen molar-refractivity contribution in [1.82, 2.24) is 5.32 Å². The predicted molar refractivity (Wildman–Crippen MR) is 98.2 cm³/mol. The van der Waals surface area contributed by atoms with Crippen LogP contribution in [0.3, 0.4) is 0 Å². The Labute approximate surface area is 160 Å². The van der Waals surface area contributed by atoms with Crippen LogP contribution >= 0.6 is 0 Å². The first kappa shape index (κ1) is 19.9. The number of carbonyl (C=O) groups excluding carboxylic acids is 2. The van der Waals surface area contributed by atoms with E-state index in [4.69, 9.17) is 5.84 Å². The summed E-state index contributed by atoms with van der Waals surface area (Å²) < 4.78 is 38.5. The molecule has 2 aromatic carbocycles. The Morgan fingerprint density at radius 2 is 1.79 bits per heavy atom. The molecule has 1 aliphatic heterocycles. The van der Waals surface area contributed by atoms with Crippen molar-refractivity contribution < 1.29 is 22.8 Å². The third-order valence-corrected chi connectivity index (χ3v) is 4.98. The molecule has 2 aromatic rings. The number of halogens is 3. The molecule has 8 heteroatoms. The summed E-state index contributed by atoms with van der Waals surface area (Å²) in [6.45, 7) is 2.12. The van der Waals surface area contributed by atoms with E-state index < -0.39 is 35.4 Å². The van der Waals surface area contributed by atoms with E-state index in [0.717, 1.165) is 22.7 Å². The molecule has 2 atom stereocenters. The molecule has 0 bridgehead atoms. The van der Waals surface area contributed by atoms with Gasteiger partial charge in [-0.3, -0.25) is 9.59 Å². The lowest BCUT2D eigenvalue weighted by molar-refractivity contribution is -0.138. The van der Waals surface area contributed by atoms with Gasteiger partial charge in [0.05, 0.1) is 11.3 Å². The Balaban J connectivity index is 1.91. The fraction of sp³-hybridized carbons (Fsp3) is 0.300. The summed E-state index contributed by atoms with van der Waals surface area (Å²) in [4.78, 5) is 25.5. The Morgan fingerprint density at radius 3 is 2.39 bits per heavy atom. The summed E-state index contributed by atoms with van der Waals surface area (Å²) in [5.74, 6) is 3.25. The number of alkyl halides is 3. The van der Waals surface area contributed by atoms with E-state index in [2.05, 4.69) is 5.32 Å². The van der Waals surface area contributed by atoms with Gasteiger partial charge in [-0.2, -0.15) is 13.2 Å². The van der Waals surface area contributed by atoms with Gasteiger partial charge >= 0.3 is 6.18 Å². The third kappa shape index (κ3) is 3.87. The highest BCUT2D eigenvalue weighted by molar-refractivity contribution is 6.08. The number of anilines is 1. The molecular formula is C20H20F3N3O2. The van der Waals surface area contributed by atoms with Crippen LogP contribution in [-0.4, -0.2) is 18.4 Å². The van der Waals surface area contributed by atoms with Crippen LogP contribution in [0.15, 0.2) is 48.5 Å². The number of piperidine rings is 1. The lowest BCUT2D eigenvalue weighted by Crippen LogP contribution is -2.52. The summed E-state index contributed by atoms with van der Waals surface area (Å²) in [5, 5.41) is 3.59. The van der Waals surface area contributed by atoms with Crippen molar-refractivity contribution in [1.29, 1.82) is 0 Å². The summed E-state index contributed by atoms with van der Waals surface area (Å²) in [7, 11) is 0. The summed E-state index contributed by atoms with van der Waals surface area (Å²) in [6, 6.07) is 11.6. The van der Waals surface area contributed by atoms with Crippen molar-refractivity contribution in [2.24, 2.45) is 11.8 Å². The second-order valence-electron chi connectivity index (χ2n) is 6.78. The fourth-order valence-electron chi connectivity index (χ4n) is 3.48.